The van der Waals surface area contributed by atoms with Crippen LogP contribution in [0.3, 0.4) is 0 Å². The van der Waals surface area contributed by atoms with Crippen LogP contribution < -0.4 is 0 Å². The van der Waals surface area contributed by atoms with Crippen molar-refractivity contribution in [3.63, 3.8) is 0 Å². The van der Waals surface area contributed by atoms with Crippen molar-refractivity contribution in [2.75, 3.05) is 7.11 Å². The van der Waals surface area contributed by atoms with Gasteiger partial charge in [0, 0.05) is 19.8 Å². The first-order chi connectivity index (χ1) is 7.93. The van der Waals surface area contributed by atoms with Gasteiger partial charge in [-0.25, -0.2) is 0 Å². The van der Waals surface area contributed by atoms with Crippen molar-refractivity contribution in [1.29, 1.82) is 0 Å². The third kappa shape index (κ3) is 4.00. The first kappa shape index (κ1) is 14.0. The van der Waals surface area contributed by atoms with Gasteiger partial charge >= 0.3 is 11.9 Å². The highest BCUT2D eigenvalue weighted by Gasteiger charge is 2.36. The number of methoxy groups -OCH3 is 1. The van der Waals surface area contributed by atoms with Crippen molar-refractivity contribution >= 4 is 11.9 Å². The van der Waals surface area contributed by atoms with Gasteiger partial charge in [-0.2, -0.15) is 0 Å². The molecule has 1 aliphatic carbocycles. The lowest BCUT2D eigenvalue weighted by Gasteiger charge is -2.36. The predicted octanol–water partition coefficient (Wildman–Crippen LogP) is 0.888. The monoisotopic (exact) mass is 244 g/mol. The molecule has 17 heavy (non-hydrogen) atoms. The van der Waals surface area contributed by atoms with Crippen LogP contribution in [0, 0.1) is 11.8 Å². The number of esters is 2. The lowest BCUT2D eigenvalue weighted by molar-refractivity contribution is -0.154. The first-order valence-corrected chi connectivity index (χ1v) is 5.86. The van der Waals surface area contributed by atoms with Crippen molar-refractivity contribution < 1.29 is 24.2 Å². The van der Waals surface area contributed by atoms with E-state index >= 15 is 0 Å². The standard InChI is InChI=1S/C12H20O5/c1-7-9(5-12(15)16-3)4-10(6-11(7)14)17-8(2)13/h7,9-11,14H,4-6H2,1-3H3/t7-,9-,10+,11-/m0/s1. The Bertz CT molecular complexity index is 289. The molecule has 1 N–H and O–H groups in total. The predicted molar refractivity (Wildman–Crippen MR) is 60.1 cm³/mol. The van der Waals surface area contributed by atoms with E-state index in [4.69, 9.17) is 4.74 Å². The Hall–Kier alpha value is -1.10. The van der Waals surface area contributed by atoms with Crippen molar-refractivity contribution in [1.82, 2.24) is 0 Å². The minimum Gasteiger partial charge on any atom is -0.469 e. The molecule has 1 saturated carbocycles. The van der Waals surface area contributed by atoms with Gasteiger partial charge in [-0.15, -0.1) is 0 Å². The topological polar surface area (TPSA) is 72.8 Å². The molecule has 0 radical (unpaired) electrons. The Labute approximate surface area is 101 Å². The maximum Gasteiger partial charge on any atom is 0.305 e. The number of carbonyl (C=O) groups excluding carboxylic acids is 2. The molecule has 4 atom stereocenters. The second kappa shape index (κ2) is 6.00. The Kier molecular flexibility index (Phi) is 4.93. The van der Waals surface area contributed by atoms with E-state index in [-0.39, 0.29) is 36.3 Å². The maximum atomic E-state index is 11.2. The van der Waals surface area contributed by atoms with E-state index in [1.165, 1.54) is 14.0 Å². The fraction of sp³-hybridized carbons (Fsp3) is 0.833. The van der Waals surface area contributed by atoms with Gasteiger partial charge in [0.2, 0.25) is 0 Å². The van der Waals surface area contributed by atoms with Gasteiger partial charge in [0.05, 0.1) is 13.2 Å². The lowest BCUT2D eigenvalue weighted by Crippen LogP contribution is -2.40. The highest BCUT2D eigenvalue weighted by molar-refractivity contribution is 5.69. The fourth-order valence-corrected chi connectivity index (χ4v) is 2.34. The highest BCUT2D eigenvalue weighted by Crippen LogP contribution is 2.34. The molecule has 0 aromatic rings. The Morgan fingerprint density at radius 2 is 2.00 bits per heavy atom. The lowest BCUT2D eigenvalue weighted by atomic mass is 9.75. The third-order valence-electron chi connectivity index (χ3n) is 3.41. The van der Waals surface area contributed by atoms with Gasteiger partial charge < -0.3 is 14.6 Å². The average Bonchev–Trinajstić information content (AvgIpc) is 2.24. The average molecular weight is 244 g/mol. The van der Waals surface area contributed by atoms with Gasteiger partial charge in [0.15, 0.2) is 0 Å². The third-order valence-corrected chi connectivity index (χ3v) is 3.41. The molecule has 98 valence electrons. The molecule has 0 amide bonds. The molecule has 5 heteroatoms. The number of rotatable bonds is 3. The summed E-state index contributed by atoms with van der Waals surface area (Å²) in [7, 11) is 1.34. The van der Waals surface area contributed by atoms with E-state index < -0.39 is 6.10 Å². The Balaban J connectivity index is 2.60. The van der Waals surface area contributed by atoms with Crippen LogP contribution in [0.4, 0.5) is 0 Å². The molecule has 0 saturated heterocycles. The molecule has 5 nitrogen and oxygen atoms in total. The van der Waals surface area contributed by atoms with Crippen LogP contribution in [0.1, 0.15) is 33.1 Å². The summed E-state index contributed by atoms with van der Waals surface area (Å²) in [5, 5.41) is 9.87. The Morgan fingerprint density at radius 3 is 2.53 bits per heavy atom. The highest BCUT2D eigenvalue weighted by atomic mass is 16.5. The van der Waals surface area contributed by atoms with E-state index in [1.807, 2.05) is 6.92 Å². The van der Waals surface area contributed by atoms with Crippen LogP contribution in [-0.2, 0) is 19.1 Å². The van der Waals surface area contributed by atoms with E-state index in [2.05, 4.69) is 4.74 Å². The molecule has 0 unspecified atom stereocenters. The number of aliphatic hydroxyl groups is 1. The molecule has 0 bridgehead atoms. The van der Waals surface area contributed by atoms with Crippen LogP contribution in [-0.4, -0.2) is 36.4 Å². The van der Waals surface area contributed by atoms with E-state index in [0.717, 1.165) is 0 Å². The smallest absolute Gasteiger partial charge is 0.305 e. The van der Waals surface area contributed by atoms with Gasteiger partial charge in [-0.05, 0) is 18.3 Å². The van der Waals surface area contributed by atoms with Gasteiger partial charge in [0.1, 0.15) is 6.10 Å². The van der Waals surface area contributed by atoms with E-state index in [9.17, 15) is 14.7 Å². The summed E-state index contributed by atoms with van der Waals surface area (Å²) in [5.41, 5.74) is 0. The molecule has 0 heterocycles. The van der Waals surface area contributed by atoms with Crippen molar-refractivity contribution in [3.05, 3.63) is 0 Å². The summed E-state index contributed by atoms with van der Waals surface area (Å²) in [6.07, 6.45) is 0.466. The molecule has 0 aromatic heterocycles. The molecule has 1 fully saturated rings. The summed E-state index contributed by atoms with van der Waals surface area (Å²) < 4.78 is 9.73. The first-order valence-electron chi connectivity index (χ1n) is 5.86. The number of hydrogen-bond donors (Lipinski definition) is 1. The molecule has 0 spiro atoms. The van der Waals surface area contributed by atoms with E-state index in [0.29, 0.717) is 12.8 Å². The van der Waals surface area contributed by atoms with Crippen LogP contribution in [0.25, 0.3) is 0 Å². The quantitative estimate of drug-likeness (QED) is 0.746. The van der Waals surface area contributed by atoms with Crippen molar-refractivity contribution in [2.45, 2.75) is 45.3 Å². The number of hydrogen-bond acceptors (Lipinski definition) is 5. The van der Waals surface area contributed by atoms with E-state index in [1.54, 1.807) is 0 Å². The number of aliphatic hydroxyl groups excluding tert-OH is 1. The summed E-state index contributed by atoms with van der Waals surface area (Å²) >= 11 is 0. The number of ether oxygens (including phenoxy) is 2. The summed E-state index contributed by atoms with van der Waals surface area (Å²) in [4.78, 5) is 22.1. The van der Waals surface area contributed by atoms with Gasteiger partial charge in [0.25, 0.3) is 0 Å². The number of carbonyl (C=O) groups is 2. The maximum absolute atomic E-state index is 11.2. The second-order valence-electron chi connectivity index (χ2n) is 4.67. The molecule has 1 aliphatic rings. The normalized spacial score (nSPS) is 32.9. The van der Waals surface area contributed by atoms with Crippen molar-refractivity contribution in [2.24, 2.45) is 11.8 Å². The minimum atomic E-state index is -0.539. The Morgan fingerprint density at radius 1 is 1.35 bits per heavy atom. The summed E-state index contributed by atoms with van der Waals surface area (Å²) in [5.74, 6) is -0.637. The molecular formula is C12H20O5. The molecule has 1 rings (SSSR count). The zero-order chi connectivity index (χ0) is 13.0. The largest absolute Gasteiger partial charge is 0.469 e. The minimum absolute atomic E-state index is 0.00412. The summed E-state index contributed by atoms with van der Waals surface area (Å²) in [6, 6.07) is 0. The second-order valence-corrected chi connectivity index (χ2v) is 4.67. The summed E-state index contributed by atoms with van der Waals surface area (Å²) in [6.45, 7) is 3.25. The van der Waals surface area contributed by atoms with Crippen molar-refractivity contribution in [3.8, 4) is 0 Å². The SMILES string of the molecule is COC(=O)C[C@@H]1C[C@@H](OC(C)=O)C[C@H](O)[C@H]1C. The fourth-order valence-electron chi connectivity index (χ4n) is 2.34. The van der Waals surface area contributed by atoms with Crippen LogP contribution in [0.5, 0.6) is 0 Å². The molecular weight excluding hydrogens is 224 g/mol. The van der Waals surface area contributed by atoms with Crippen LogP contribution in [0.15, 0.2) is 0 Å². The van der Waals surface area contributed by atoms with Gasteiger partial charge in [-0.3, -0.25) is 9.59 Å². The van der Waals surface area contributed by atoms with Crippen LogP contribution in [0.2, 0.25) is 0 Å². The van der Waals surface area contributed by atoms with Gasteiger partial charge in [-0.1, -0.05) is 6.92 Å². The zero-order valence-electron chi connectivity index (χ0n) is 10.5. The molecule has 0 aromatic carbocycles. The zero-order valence-corrected chi connectivity index (χ0v) is 10.5. The van der Waals surface area contributed by atoms with Crippen LogP contribution >= 0.6 is 0 Å². The molecule has 0 aliphatic heterocycles.